The zero-order chi connectivity index (χ0) is 15.2. The number of anilines is 2. The van der Waals surface area contributed by atoms with Gasteiger partial charge in [-0.1, -0.05) is 11.6 Å². The molecule has 1 aromatic carbocycles. The Bertz CT molecular complexity index is 654. The zero-order valence-electron chi connectivity index (χ0n) is 11.0. The van der Waals surface area contributed by atoms with E-state index in [9.17, 15) is 9.18 Å². The van der Waals surface area contributed by atoms with Gasteiger partial charge in [-0.25, -0.2) is 9.37 Å². The molecule has 3 N–H and O–H groups in total. The SMILES string of the molecule is Nc1cc(NC(=O)CCSc2ncccc2Cl)ccc1F. The molecule has 4 nitrogen and oxygen atoms in total. The first-order valence-corrected chi connectivity index (χ1v) is 7.51. The van der Waals surface area contributed by atoms with E-state index in [0.29, 0.717) is 21.5 Å². The lowest BCUT2D eigenvalue weighted by molar-refractivity contribution is -0.115. The van der Waals surface area contributed by atoms with Crippen LogP contribution in [0.2, 0.25) is 5.02 Å². The van der Waals surface area contributed by atoms with Crippen molar-refractivity contribution in [2.75, 3.05) is 16.8 Å². The van der Waals surface area contributed by atoms with Gasteiger partial charge in [-0.2, -0.15) is 0 Å². The monoisotopic (exact) mass is 325 g/mol. The van der Waals surface area contributed by atoms with E-state index >= 15 is 0 Å². The van der Waals surface area contributed by atoms with Crippen LogP contribution in [0.5, 0.6) is 0 Å². The van der Waals surface area contributed by atoms with Crippen molar-refractivity contribution >= 4 is 40.6 Å². The molecule has 110 valence electrons. The summed E-state index contributed by atoms with van der Waals surface area (Å²) in [4.78, 5) is 15.9. The Balaban J connectivity index is 1.82. The molecule has 0 aliphatic carbocycles. The molecule has 1 heterocycles. The number of rotatable bonds is 5. The molecule has 0 unspecified atom stereocenters. The van der Waals surface area contributed by atoms with Gasteiger partial charge in [0.1, 0.15) is 10.8 Å². The van der Waals surface area contributed by atoms with Gasteiger partial charge in [0, 0.05) is 24.1 Å². The Morgan fingerprint density at radius 3 is 2.95 bits per heavy atom. The highest BCUT2D eigenvalue weighted by atomic mass is 35.5. The largest absolute Gasteiger partial charge is 0.396 e. The van der Waals surface area contributed by atoms with Crippen LogP contribution in [-0.2, 0) is 4.79 Å². The first-order chi connectivity index (χ1) is 10.1. The number of nitrogens with two attached hydrogens (primary N) is 1. The van der Waals surface area contributed by atoms with E-state index in [4.69, 9.17) is 17.3 Å². The fourth-order valence-electron chi connectivity index (χ4n) is 1.56. The predicted octanol–water partition coefficient (Wildman–Crippen LogP) is 3.58. The third kappa shape index (κ3) is 4.61. The Morgan fingerprint density at radius 2 is 2.24 bits per heavy atom. The van der Waals surface area contributed by atoms with Gasteiger partial charge in [0.2, 0.25) is 5.91 Å². The van der Waals surface area contributed by atoms with Crippen molar-refractivity contribution in [2.24, 2.45) is 0 Å². The summed E-state index contributed by atoms with van der Waals surface area (Å²) in [6.07, 6.45) is 1.93. The van der Waals surface area contributed by atoms with E-state index < -0.39 is 5.82 Å². The Hall–Kier alpha value is -1.79. The standard InChI is InChI=1S/C14H13ClFN3OS/c15-10-2-1-6-18-14(10)21-7-5-13(20)19-9-3-4-11(16)12(17)8-9/h1-4,6,8H,5,7,17H2,(H,19,20). The van der Waals surface area contributed by atoms with Crippen molar-refractivity contribution in [3.05, 3.63) is 47.4 Å². The van der Waals surface area contributed by atoms with Crippen LogP contribution in [0, 0.1) is 5.82 Å². The molecule has 2 rings (SSSR count). The van der Waals surface area contributed by atoms with Crippen LogP contribution in [0.1, 0.15) is 6.42 Å². The van der Waals surface area contributed by atoms with Gasteiger partial charge in [0.25, 0.3) is 0 Å². The maximum atomic E-state index is 13.0. The number of pyridine rings is 1. The van der Waals surface area contributed by atoms with Crippen LogP contribution < -0.4 is 11.1 Å². The predicted molar refractivity (Wildman–Crippen MR) is 84.0 cm³/mol. The highest BCUT2D eigenvalue weighted by Crippen LogP contribution is 2.24. The van der Waals surface area contributed by atoms with Gasteiger partial charge in [0.15, 0.2) is 0 Å². The number of nitrogen functional groups attached to an aromatic ring is 1. The van der Waals surface area contributed by atoms with Crippen LogP contribution in [0.3, 0.4) is 0 Å². The number of carbonyl (C=O) groups is 1. The number of hydrogen-bond acceptors (Lipinski definition) is 4. The molecular formula is C14H13ClFN3OS. The Labute approximate surface area is 130 Å². The Morgan fingerprint density at radius 1 is 1.43 bits per heavy atom. The molecular weight excluding hydrogens is 313 g/mol. The number of hydrogen-bond donors (Lipinski definition) is 2. The zero-order valence-corrected chi connectivity index (χ0v) is 12.5. The summed E-state index contributed by atoms with van der Waals surface area (Å²) in [5.41, 5.74) is 5.91. The van der Waals surface area contributed by atoms with Crippen LogP contribution in [0.15, 0.2) is 41.6 Å². The highest BCUT2D eigenvalue weighted by Gasteiger charge is 2.07. The number of benzene rings is 1. The molecule has 1 amide bonds. The topological polar surface area (TPSA) is 68.0 Å². The third-order valence-corrected chi connectivity index (χ3v) is 4.00. The maximum absolute atomic E-state index is 13.0. The van der Waals surface area contributed by atoms with E-state index in [1.807, 2.05) is 0 Å². The summed E-state index contributed by atoms with van der Waals surface area (Å²) in [6, 6.07) is 7.56. The molecule has 0 bridgehead atoms. The molecule has 0 spiro atoms. The molecule has 0 saturated heterocycles. The van der Waals surface area contributed by atoms with Crippen LogP contribution >= 0.6 is 23.4 Å². The summed E-state index contributed by atoms with van der Waals surface area (Å²) in [6.45, 7) is 0. The van der Waals surface area contributed by atoms with Gasteiger partial charge in [-0.05, 0) is 30.3 Å². The second-order valence-corrected chi connectivity index (χ2v) is 5.66. The van der Waals surface area contributed by atoms with Crippen molar-refractivity contribution < 1.29 is 9.18 Å². The van der Waals surface area contributed by atoms with Gasteiger partial charge >= 0.3 is 0 Å². The van der Waals surface area contributed by atoms with Crippen molar-refractivity contribution in [1.82, 2.24) is 4.98 Å². The van der Waals surface area contributed by atoms with Crippen molar-refractivity contribution in [3.8, 4) is 0 Å². The molecule has 0 saturated carbocycles. The molecule has 0 atom stereocenters. The molecule has 0 fully saturated rings. The maximum Gasteiger partial charge on any atom is 0.225 e. The number of aromatic nitrogens is 1. The molecule has 7 heteroatoms. The first-order valence-electron chi connectivity index (χ1n) is 6.14. The molecule has 1 aromatic heterocycles. The van der Waals surface area contributed by atoms with E-state index in [1.54, 1.807) is 18.3 Å². The van der Waals surface area contributed by atoms with Crippen LogP contribution in [0.4, 0.5) is 15.8 Å². The average molecular weight is 326 g/mol. The van der Waals surface area contributed by atoms with Crippen molar-refractivity contribution in [1.29, 1.82) is 0 Å². The normalized spacial score (nSPS) is 10.4. The third-order valence-electron chi connectivity index (χ3n) is 2.57. The van der Waals surface area contributed by atoms with E-state index in [1.165, 1.54) is 30.0 Å². The number of nitrogens with one attached hydrogen (secondary N) is 1. The summed E-state index contributed by atoms with van der Waals surface area (Å²) >= 11 is 7.37. The smallest absolute Gasteiger partial charge is 0.225 e. The lowest BCUT2D eigenvalue weighted by Gasteiger charge is -2.06. The van der Waals surface area contributed by atoms with Gasteiger partial charge < -0.3 is 11.1 Å². The molecule has 21 heavy (non-hydrogen) atoms. The fraction of sp³-hybridized carbons (Fsp3) is 0.143. The fourth-order valence-corrected chi connectivity index (χ4v) is 2.67. The van der Waals surface area contributed by atoms with Crippen LogP contribution in [0.25, 0.3) is 0 Å². The van der Waals surface area contributed by atoms with Crippen molar-refractivity contribution in [2.45, 2.75) is 11.4 Å². The highest BCUT2D eigenvalue weighted by molar-refractivity contribution is 7.99. The van der Waals surface area contributed by atoms with Crippen molar-refractivity contribution in [3.63, 3.8) is 0 Å². The first kappa shape index (κ1) is 15.6. The van der Waals surface area contributed by atoms with Gasteiger partial charge in [-0.15, -0.1) is 11.8 Å². The second kappa shape index (κ2) is 7.28. The summed E-state index contributed by atoms with van der Waals surface area (Å²) < 4.78 is 13.0. The summed E-state index contributed by atoms with van der Waals surface area (Å²) in [5, 5.41) is 3.92. The quantitative estimate of drug-likeness (QED) is 0.651. The van der Waals surface area contributed by atoms with Gasteiger partial charge in [0.05, 0.1) is 10.7 Å². The lowest BCUT2D eigenvalue weighted by atomic mass is 10.2. The molecule has 0 aliphatic heterocycles. The molecule has 0 radical (unpaired) electrons. The van der Waals surface area contributed by atoms with E-state index in [-0.39, 0.29) is 18.0 Å². The second-order valence-electron chi connectivity index (χ2n) is 4.17. The number of carbonyl (C=O) groups excluding carboxylic acids is 1. The van der Waals surface area contributed by atoms with E-state index in [2.05, 4.69) is 10.3 Å². The number of thioether (sulfide) groups is 1. The molecule has 2 aromatic rings. The van der Waals surface area contributed by atoms with Gasteiger partial charge in [-0.3, -0.25) is 4.79 Å². The minimum absolute atomic E-state index is 0.00226. The number of halogens is 2. The average Bonchev–Trinajstić information content (AvgIpc) is 2.45. The summed E-state index contributed by atoms with van der Waals surface area (Å²) in [5.74, 6) is -0.145. The number of amides is 1. The summed E-state index contributed by atoms with van der Waals surface area (Å²) in [7, 11) is 0. The van der Waals surface area contributed by atoms with E-state index in [0.717, 1.165) is 0 Å². The lowest BCUT2D eigenvalue weighted by Crippen LogP contribution is -2.12. The number of nitrogens with zero attached hydrogens (tertiary/aromatic N) is 1. The molecule has 0 aliphatic rings. The Kier molecular flexibility index (Phi) is 5.41. The minimum Gasteiger partial charge on any atom is -0.396 e. The minimum atomic E-state index is -0.506. The van der Waals surface area contributed by atoms with Crippen LogP contribution in [-0.4, -0.2) is 16.6 Å².